The first kappa shape index (κ1) is 13.6. The molecule has 1 saturated heterocycles. The number of carbonyl (C=O) groups excluding carboxylic acids is 1. The monoisotopic (exact) mass is 254 g/mol. The fraction of sp³-hybridized carbons (Fsp3) is 0.923. The summed E-state index contributed by atoms with van der Waals surface area (Å²) in [6.45, 7) is 3.68. The van der Waals surface area contributed by atoms with Crippen LogP contribution in [-0.4, -0.2) is 68.2 Å². The number of urea groups is 1. The summed E-state index contributed by atoms with van der Waals surface area (Å²) >= 11 is 0. The zero-order valence-electron chi connectivity index (χ0n) is 11.6. The molecule has 0 atom stereocenters. The maximum absolute atomic E-state index is 12.1. The smallest absolute Gasteiger partial charge is 0.317 e. The Morgan fingerprint density at radius 1 is 1.00 bits per heavy atom. The molecule has 0 aromatic heterocycles. The second kappa shape index (κ2) is 6.38. The molecule has 2 rings (SSSR count). The highest BCUT2D eigenvalue weighted by molar-refractivity contribution is 5.74. The van der Waals surface area contributed by atoms with Gasteiger partial charge in [0.05, 0.1) is 0 Å². The molecule has 0 aromatic carbocycles. The van der Waals surface area contributed by atoms with Crippen molar-refractivity contribution < 1.29 is 4.79 Å². The zero-order chi connectivity index (χ0) is 13.0. The molecule has 2 fully saturated rings. The van der Waals surface area contributed by atoms with Crippen molar-refractivity contribution in [1.29, 1.82) is 0 Å². The molecule has 18 heavy (non-hydrogen) atoms. The average molecular weight is 254 g/mol. The summed E-state index contributed by atoms with van der Waals surface area (Å²) in [5, 5.41) is 6.51. The maximum atomic E-state index is 12.1. The summed E-state index contributed by atoms with van der Waals surface area (Å²) in [7, 11) is 4.13. The van der Waals surface area contributed by atoms with Crippen LogP contribution >= 0.6 is 0 Å². The Balaban J connectivity index is 1.71. The minimum absolute atomic E-state index is 0.135. The topological polar surface area (TPSA) is 47.6 Å². The molecular weight excluding hydrogens is 228 g/mol. The fourth-order valence-electron chi connectivity index (χ4n) is 2.80. The van der Waals surface area contributed by atoms with E-state index < -0.39 is 0 Å². The molecule has 0 bridgehead atoms. The first-order chi connectivity index (χ1) is 8.69. The number of hydrogen-bond donors (Lipinski definition) is 2. The molecule has 0 radical (unpaired) electrons. The number of piperazine rings is 1. The quantitative estimate of drug-likeness (QED) is 0.753. The van der Waals surface area contributed by atoms with Gasteiger partial charge < -0.3 is 20.4 Å². The van der Waals surface area contributed by atoms with Crippen LogP contribution < -0.4 is 10.6 Å². The van der Waals surface area contributed by atoms with Crippen LogP contribution in [0.5, 0.6) is 0 Å². The van der Waals surface area contributed by atoms with E-state index in [1.807, 2.05) is 11.9 Å². The lowest BCUT2D eigenvalue weighted by molar-refractivity contribution is 0.149. The Morgan fingerprint density at radius 3 is 2.11 bits per heavy atom. The van der Waals surface area contributed by atoms with Gasteiger partial charge >= 0.3 is 6.03 Å². The van der Waals surface area contributed by atoms with Crippen molar-refractivity contribution in [3.8, 4) is 0 Å². The molecular formula is C13H26N4O. The lowest BCUT2D eigenvalue weighted by Crippen LogP contribution is -2.53. The molecule has 1 heterocycles. The van der Waals surface area contributed by atoms with Gasteiger partial charge in [-0.2, -0.15) is 0 Å². The predicted molar refractivity (Wildman–Crippen MR) is 72.7 cm³/mol. The Hall–Kier alpha value is -0.810. The molecule has 0 spiro atoms. The summed E-state index contributed by atoms with van der Waals surface area (Å²) < 4.78 is 0. The molecule has 1 aliphatic carbocycles. The number of nitrogens with zero attached hydrogens (tertiary/aromatic N) is 2. The minimum Gasteiger partial charge on any atom is -0.335 e. The third kappa shape index (κ3) is 3.59. The molecule has 0 unspecified atom stereocenters. The van der Waals surface area contributed by atoms with Crippen molar-refractivity contribution in [1.82, 2.24) is 20.4 Å². The van der Waals surface area contributed by atoms with E-state index in [4.69, 9.17) is 0 Å². The standard InChI is InChI=1S/C13H26N4O/c1-14-11-3-5-12(6-4-11)15-13(18)17-9-7-16(2)8-10-17/h11-12,14H,3-10H2,1-2H3,(H,15,18). The van der Waals surface area contributed by atoms with E-state index in [9.17, 15) is 4.79 Å². The highest BCUT2D eigenvalue weighted by Gasteiger charge is 2.24. The highest BCUT2D eigenvalue weighted by Crippen LogP contribution is 2.18. The summed E-state index contributed by atoms with van der Waals surface area (Å²) in [5.41, 5.74) is 0. The molecule has 104 valence electrons. The van der Waals surface area contributed by atoms with Crippen LogP contribution in [0.4, 0.5) is 4.79 Å². The number of amides is 2. The van der Waals surface area contributed by atoms with Crippen molar-refractivity contribution in [2.24, 2.45) is 0 Å². The normalized spacial score (nSPS) is 30.2. The number of rotatable bonds is 2. The predicted octanol–water partition coefficient (Wildman–Crippen LogP) is 0.474. The number of hydrogen-bond acceptors (Lipinski definition) is 3. The first-order valence-electron chi connectivity index (χ1n) is 7.10. The van der Waals surface area contributed by atoms with Gasteiger partial charge in [0, 0.05) is 38.3 Å². The van der Waals surface area contributed by atoms with E-state index in [2.05, 4.69) is 22.6 Å². The van der Waals surface area contributed by atoms with Crippen LogP contribution in [0.2, 0.25) is 0 Å². The Kier molecular flexibility index (Phi) is 4.83. The molecule has 5 heteroatoms. The summed E-state index contributed by atoms with van der Waals surface area (Å²) in [5.74, 6) is 0. The first-order valence-corrected chi connectivity index (χ1v) is 7.10. The highest BCUT2D eigenvalue weighted by atomic mass is 16.2. The van der Waals surface area contributed by atoms with Gasteiger partial charge in [-0.15, -0.1) is 0 Å². The second-order valence-electron chi connectivity index (χ2n) is 5.58. The zero-order valence-corrected chi connectivity index (χ0v) is 11.6. The van der Waals surface area contributed by atoms with Crippen LogP contribution in [0.15, 0.2) is 0 Å². The van der Waals surface area contributed by atoms with Crippen LogP contribution in [0, 0.1) is 0 Å². The average Bonchev–Trinajstić information content (AvgIpc) is 2.40. The molecule has 2 amide bonds. The molecule has 0 aromatic rings. The fourth-order valence-corrected chi connectivity index (χ4v) is 2.80. The van der Waals surface area contributed by atoms with Crippen LogP contribution in [0.3, 0.4) is 0 Å². The molecule has 1 aliphatic heterocycles. The minimum atomic E-state index is 0.135. The van der Waals surface area contributed by atoms with Gasteiger partial charge in [-0.05, 0) is 39.8 Å². The van der Waals surface area contributed by atoms with Crippen molar-refractivity contribution >= 4 is 6.03 Å². The molecule has 2 N–H and O–H groups in total. The largest absolute Gasteiger partial charge is 0.335 e. The SMILES string of the molecule is CNC1CCC(NC(=O)N2CCN(C)CC2)CC1. The Bertz CT molecular complexity index is 268. The van der Waals surface area contributed by atoms with Crippen molar-refractivity contribution in [2.45, 2.75) is 37.8 Å². The van der Waals surface area contributed by atoms with Gasteiger partial charge in [-0.25, -0.2) is 4.79 Å². The number of likely N-dealkylation sites (N-methyl/N-ethyl adjacent to an activating group) is 1. The lowest BCUT2D eigenvalue weighted by atomic mass is 9.91. The van der Waals surface area contributed by atoms with Crippen molar-refractivity contribution in [3.63, 3.8) is 0 Å². The van der Waals surface area contributed by atoms with Crippen LogP contribution in [0.1, 0.15) is 25.7 Å². The van der Waals surface area contributed by atoms with Gasteiger partial charge in [0.1, 0.15) is 0 Å². The maximum Gasteiger partial charge on any atom is 0.317 e. The van der Waals surface area contributed by atoms with E-state index in [0.29, 0.717) is 12.1 Å². The van der Waals surface area contributed by atoms with Crippen molar-refractivity contribution in [3.05, 3.63) is 0 Å². The van der Waals surface area contributed by atoms with E-state index in [1.54, 1.807) is 0 Å². The van der Waals surface area contributed by atoms with Crippen molar-refractivity contribution in [2.75, 3.05) is 40.3 Å². The second-order valence-corrected chi connectivity index (χ2v) is 5.58. The Labute approximate surface area is 110 Å². The van der Waals surface area contributed by atoms with E-state index in [-0.39, 0.29) is 6.03 Å². The van der Waals surface area contributed by atoms with Gasteiger partial charge in [0.25, 0.3) is 0 Å². The Morgan fingerprint density at radius 2 is 1.56 bits per heavy atom. The molecule has 2 aliphatic rings. The van der Waals surface area contributed by atoms with Gasteiger partial charge in [-0.3, -0.25) is 0 Å². The third-order valence-electron chi connectivity index (χ3n) is 4.25. The van der Waals surface area contributed by atoms with Gasteiger partial charge in [0.2, 0.25) is 0 Å². The van der Waals surface area contributed by atoms with E-state index in [1.165, 1.54) is 12.8 Å². The number of nitrogens with one attached hydrogen (secondary N) is 2. The third-order valence-corrected chi connectivity index (χ3v) is 4.25. The van der Waals surface area contributed by atoms with E-state index in [0.717, 1.165) is 39.0 Å². The summed E-state index contributed by atoms with van der Waals surface area (Å²) in [6, 6.07) is 1.15. The van der Waals surface area contributed by atoms with Crippen LogP contribution in [-0.2, 0) is 0 Å². The lowest BCUT2D eigenvalue weighted by Gasteiger charge is -2.35. The summed E-state index contributed by atoms with van der Waals surface area (Å²) in [4.78, 5) is 16.3. The van der Waals surface area contributed by atoms with Gasteiger partial charge in [0.15, 0.2) is 0 Å². The van der Waals surface area contributed by atoms with Gasteiger partial charge in [-0.1, -0.05) is 0 Å². The number of carbonyl (C=O) groups is 1. The molecule has 1 saturated carbocycles. The van der Waals surface area contributed by atoms with E-state index >= 15 is 0 Å². The van der Waals surface area contributed by atoms with Crippen LogP contribution in [0.25, 0.3) is 0 Å². The summed E-state index contributed by atoms with van der Waals surface area (Å²) in [6.07, 6.45) is 4.55. The molecule has 5 nitrogen and oxygen atoms in total.